The van der Waals surface area contributed by atoms with Gasteiger partial charge in [-0.25, -0.2) is 13.6 Å². The average molecular weight is 354 g/mol. The maximum Gasteiger partial charge on any atom is 0.326 e. The van der Waals surface area contributed by atoms with Crippen molar-refractivity contribution in [3.8, 4) is 0 Å². The predicted octanol–water partition coefficient (Wildman–Crippen LogP) is 2.97. The van der Waals surface area contributed by atoms with Gasteiger partial charge in [-0.15, -0.1) is 0 Å². The SMILES string of the molecule is O=C(Cc1cc(F)cc(F)c1)N[C@@H](Cc1cccc(Cl)c1)C(=O)O. The van der Waals surface area contributed by atoms with Gasteiger partial charge in [0.25, 0.3) is 0 Å². The van der Waals surface area contributed by atoms with Gasteiger partial charge in [0.05, 0.1) is 6.42 Å². The third-order valence-corrected chi connectivity index (χ3v) is 3.48. The first-order chi connectivity index (χ1) is 11.3. The Bertz CT molecular complexity index is 747. The Balaban J connectivity index is 2.04. The minimum Gasteiger partial charge on any atom is -0.480 e. The van der Waals surface area contributed by atoms with Crippen LogP contribution < -0.4 is 5.32 Å². The summed E-state index contributed by atoms with van der Waals surface area (Å²) in [7, 11) is 0. The van der Waals surface area contributed by atoms with Gasteiger partial charge in [-0.2, -0.15) is 0 Å². The molecule has 0 radical (unpaired) electrons. The van der Waals surface area contributed by atoms with Crippen molar-refractivity contribution in [1.29, 1.82) is 0 Å². The molecular formula is C17H14ClF2NO3. The lowest BCUT2D eigenvalue weighted by Crippen LogP contribution is -2.43. The van der Waals surface area contributed by atoms with E-state index >= 15 is 0 Å². The lowest BCUT2D eigenvalue weighted by atomic mass is 10.1. The van der Waals surface area contributed by atoms with Crippen molar-refractivity contribution in [1.82, 2.24) is 5.32 Å². The lowest BCUT2D eigenvalue weighted by molar-refractivity contribution is -0.141. The molecule has 1 amide bonds. The van der Waals surface area contributed by atoms with E-state index in [1.165, 1.54) is 0 Å². The number of hydrogen-bond donors (Lipinski definition) is 2. The molecule has 0 heterocycles. The van der Waals surface area contributed by atoms with Crippen molar-refractivity contribution in [2.45, 2.75) is 18.9 Å². The van der Waals surface area contributed by atoms with Crippen molar-refractivity contribution in [2.24, 2.45) is 0 Å². The number of carbonyl (C=O) groups excluding carboxylic acids is 1. The highest BCUT2D eigenvalue weighted by Gasteiger charge is 2.21. The molecule has 0 spiro atoms. The van der Waals surface area contributed by atoms with Crippen LogP contribution in [0.5, 0.6) is 0 Å². The zero-order valence-electron chi connectivity index (χ0n) is 12.4. The van der Waals surface area contributed by atoms with Crippen LogP contribution in [0.25, 0.3) is 0 Å². The van der Waals surface area contributed by atoms with Gasteiger partial charge in [-0.1, -0.05) is 23.7 Å². The predicted molar refractivity (Wildman–Crippen MR) is 84.8 cm³/mol. The third kappa shape index (κ3) is 5.31. The van der Waals surface area contributed by atoms with E-state index in [1.807, 2.05) is 0 Å². The first-order valence-corrected chi connectivity index (χ1v) is 7.43. The smallest absolute Gasteiger partial charge is 0.326 e. The van der Waals surface area contributed by atoms with E-state index in [4.69, 9.17) is 11.6 Å². The van der Waals surface area contributed by atoms with E-state index in [1.54, 1.807) is 24.3 Å². The van der Waals surface area contributed by atoms with Crippen LogP contribution in [0.1, 0.15) is 11.1 Å². The number of carbonyl (C=O) groups is 2. The molecule has 2 aromatic carbocycles. The number of amides is 1. The minimum absolute atomic E-state index is 0.0408. The molecular weight excluding hydrogens is 340 g/mol. The lowest BCUT2D eigenvalue weighted by Gasteiger charge is -2.15. The maximum absolute atomic E-state index is 13.1. The van der Waals surface area contributed by atoms with E-state index in [9.17, 15) is 23.5 Å². The number of aliphatic carboxylic acids is 1. The Labute approximate surface area is 142 Å². The fraction of sp³-hybridized carbons (Fsp3) is 0.176. The first kappa shape index (κ1) is 17.9. The van der Waals surface area contributed by atoms with E-state index in [0.29, 0.717) is 16.7 Å². The van der Waals surface area contributed by atoms with Gasteiger partial charge in [-0.3, -0.25) is 4.79 Å². The molecule has 0 saturated heterocycles. The molecule has 0 saturated carbocycles. The van der Waals surface area contributed by atoms with Crippen molar-refractivity contribution in [2.75, 3.05) is 0 Å². The van der Waals surface area contributed by atoms with E-state index in [0.717, 1.165) is 12.1 Å². The fourth-order valence-electron chi connectivity index (χ4n) is 2.24. The van der Waals surface area contributed by atoms with Gasteiger partial charge in [-0.05, 0) is 35.4 Å². The second kappa shape index (κ2) is 7.88. The van der Waals surface area contributed by atoms with Crippen LogP contribution in [0.15, 0.2) is 42.5 Å². The molecule has 0 aliphatic rings. The maximum atomic E-state index is 13.1. The Morgan fingerprint density at radius 1 is 1.08 bits per heavy atom. The molecule has 0 bridgehead atoms. The molecule has 1 atom stereocenters. The van der Waals surface area contributed by atoms with E-state index in [2.05, 4.69) is 5.32 Å². The van der Waals surface area contributed by atoms with Crippen LogP contribution >= 0.6 is 11.6 Å². The highest BCUT2D eigenvalue weighted by molar-refractivity contribution is 6.30. The van der Waals surface area contributed by atoms with Crippen molar-refractivity contribution < 1.29 is 23.5 Å². The summed E-state index contributed by atoms with van der Waals surface area (Å²) >= 11 is 5.84. The van der Waals surface area contributed by atoms with E-state index < -0.39 is 29.6 Å². The molecule has 0 unspecified atom stereocenters. The molecule has 126 valence electrons. The summed E-state index contributed by atoms with van der Waals surface area (Å²) in [6.45, 7) is 0. The highest BCUT2D eigenvalue weighted by atomic mass is 35.5. The molecule has 2 N–H and O–H groups in total. The quantitative estimate of drug-likeness (QED) is 0.839. The Morgan fingerprint density at radius 2 is 1.75 bits per heavy atom. The summed E-state index contributed by atoms with van der Waals surface area (Å²) in [6.07, 6.45) is -0.285. The Kier molecular flexibility index (Phi) is 5.87. The number of carboxylic acid groups (broad SMARTS) is 1. The van der Waals surface area contributed by atoms with Gasteiger partial charge >= 0.3 is 5.97 Å². The average Bonchev–Trinajstić information content (AvgIpc) is 2.45. The molecule has 24 heavy (non-hydrogen) atoms. The molecule has 0 fully saturated rings. The first-order valence-electron chi connectivity index (χ1n) is 7.05. The highest BCUT2D eigenvalue weighted by Crippen LogP contribution is 2.13. The summed E-state index contributed by atoms with van der Waals surface area (Å²) in [5, 5.41) is 12.0. The Morgan fingerprint density at radius 3 is 2.33 bits per heavy atom. The van der Waals surface area contributed by atoms with Crippen LogP contribution in [0.2, 0.25) is 5.02 Å². The summed E-state index contributed by atoms with van der Waals surface area (Å²) in [5.41, 5.74) is 0.767. The van der Waals surface area contributed by atoms with Gasteiger partial charge in [0.1, 0.15) is 17.7 Å². The topological polar surface area (TPSA) is 66.4 Å². The second-order valence-electron chi connectivity index (χ2n) is 5.25. The molecule has 2 aromatic rings. The van der Waals surface area contributed by atoms with Gasteiger partial charge in [0.15, 0.2) is 0 Å². The molecule has 0 aromatic heterocycles. The Hall–Kier alpha value is -2.47. The zero-order valence-corrected chi connectivity index (χ0v) is 13.2. The summed E-state index contributed by atoms with van der Waals surface area (Å²) in [5.74, 6) is -3.46. The van der Waals surface area contributed by atoms with Crippen LogP contribution in [0.3, 0.4) is 0 Å². The van der Waals surface area contributed by atoms with Crippen molar-refractivity contribution in [3.63, 3.8) is 0 Å². The third-order valence-electron chi connectivity index (χ3n) is 3.25. The fourth-order valence-corrected chi connectivity index (χ4v) is 2.46. The molecule has 0 aliphatic heterocycles. The van der Waals surface area contributed by atoms with Crippen LogP contribution in [-0.4, -0.2) is 23.0 Å². The standard InChI is InChI=1S/C17H14ClF2NO3/c18-12-3-1-2-10(4-12)7-15(17(23)24)21-16(22)8-11-5-13(19)9-14(20)6-11/h1-6,9,15H,7-8H2,(H,21,22)(H,23,24)/t15-/m0/s1. The van der Waals surface area contributed by atoms with Crippen molar-refractivity contribution in [3.05, 3.63) is 70.2 Å². The number of halogens is 3. The normalized spacial score (nSPS) is 11.8. The number of nitrogens with one attached hydrogen (secondary N) is 1. The van der Waals surface area contributed by atoms with Crippen LogP contribution in [0, 0.1) is 11.6 Å². The van der Waals surface area contributed by atoms with Crippen molar-refractivity contribution >= 4 is 23.5 Å². The van der Waals surface area contributed by atoms with Crippen LogP contribution in [0.4, 0.5) is 8.78 Å². The minimum atomic E-state index is -1.21. The summed E-state index contributed by atoms with van der Waals surface area (Å²) < 4.78 is 26.2. The second-order valence-corrected chi connectivity index (χ2v) is 5.68. The number of hydrogen-bond acceptors (Lipinski definition) is 2. The molecule has 2 rings (SSSR count). The van der Waals surface area contributed by atoms with Gasteiger partial charge in [0.2, 0.25) is 5.91 Å². The monoisotopic (exact) mass is 353 g/mol. The number of benzene rings is 2. The van der Waals surface area contributed by atoms with E-state index in [-0.39, 0.29) is 18.4 Å². The zero-order chi connectivity index (χ0) is 17.7. The molecule has 0 aliphatic carbocycles. The molecule has 7 heteroatoms. The van der Waals surface area contributed by atoms with Gasteiger partial charge < -0.3 is 10.4 Å². The van der Waals surface area contributed by atoms with Crippen LogP contribution in [-0.2, 0) is 22.4 Å². The number of rotatable bonds is 6. The summed E-state index contributed by atoms with van der Waals surface area (Å²) in [6, 6.07) is 8.19. The van der Waals surface area contributed by atoms with Gasteiger partial charge in [0, 0.05) is 17.5 Å². The number of carboxylic acids is 1. The molecule has 4 nitrogen and oxygen atoms in total. The summed E-state index contributed by atoms with van der Waals surface area (Å²) in [4.78, 5) is 23.3. The largest absolute Gasteiger partial charge is 0.480 e.